The van der Waals surface area contributed by atoms with Crippen LogP contribution in [-0.4, -0.2) is 25.2 Å². The summed E-state index contributed by atoms with van der Waals surface area (Å²) >= 11 is 0. The molecule has 6 heteroatoms. The number of carbonyl (C=O) groups is 2. The molecule has 3 rings (SSSR count). The van der Waals surface area contributed by atoms with Crippen molar-refractivity contribution in [2.45, 2.75) is 20.8 Å². The van der Waals surface area contributed by atoms with Gasteiger partial charge in [0.2, 0.25) is 0 Å². The molecule has 0 bridgehead atoms. The lowest BCUT2D eigenvalue weighted by Gasteiger charge is -2.12. The van der Waals surface area contributed by atoms with Crippen LogP contribution in [0.4, 0.5) is 4.39 Å². The molecule has 180 valence electrons. The number of rotatable bonds is 9. The van der Waals surface area contributed by atoms with Gasteiger partial charge in [-0.3, -0.25) is 0 Å². The molecule has 5 nitrogen and oxygen atoms in total. The van der Waals surface area contributed by atoms with Gasteiger partial charge in [0.05, 0.1) is 0 Å². The molecule has 0 spiro atoms. The smallest absolute Gasteiger partial charge is 0.338 e. The first kappa shape index (κ1) is 25.4. The molecule has 35 heavy (non-hydrogen) atoms. The first-order valence-electron chi connectivity index (χ1n) is 11.0. The standard InChI is InChI=1S/C29H27FO5/c1-18(2)28(31)34-15-14-33-23-9-6-21(7-10-23)22-8-12-26(27(30)17-22)25-13-11-24(16-20(25)5)35-29(32)19(3)4/h6-13,16-17H,1,3,14-15H2,2,4-5H3. The van der Waals surface area contributed by atoms with Crippen LogP contribution in [0.15, 0.2) is 85.0 Å². The normalized spacial score (nSPS) is 10.4. The zero-order chi connectivity index (χ0) is 25.5. The van der Waals surface area contributed by atoms with Crippen molar-refractivity contribution in [1.82, 2.24) is 0 Å². The maximum atomic E-state index is 15.1. The van der Waals surface area contributed by atoms with Crippen LogP contribution in [0.25, 0.3) is 22.3 Å². The van der Waals surface area contributed by atoms with Crippen LogP contribution in [-0.2, 0) is 14.3 Å². The molecule has 0 heterocycles. The van der Waals surface area contributed by atoms with Gasteiger partial charge in [0.25, 0.3) is 0 Å². The van der Waals surface area contributed by atoms with Crippen molar-refractivity contribution < 1.29 is 28.2 Å². The molecule has 0 fully saturated rings. The largest absolute Gasteiger partial charge is 0.490 e. The first-order valence-corrected chi connectivity index (χ1v) is 11.0. The predicted molar refractivity (Wildman–Crippen MR) is 134 cm³/mol. The molecule has 0 amide bonds. The number of halogens is 1. The summed E-state index contributed by atoms with van der Waals surface area (Å²) in [5.74, 6) is -0.327. The molecule has 0 radical (unpaired) electrons. The maximum Gasteiger partial charge on any atom is 0.338 e. The van der Waals surface area contributed by atoms with Crippen molar-refractivity contribution in [3.63, 3.8) is 0 Å². The first-order chi connectivity index (χ1) is 16.7. The number of esters is 2. The van der Waals surface area contributed by atoms with E-state index in [0.717, 1.165) is 16.7 Å². The fraction of sp³-hybridized carbons (Fsp3) is 0.172. The summed E-state index contributed by atoms with van der Waals surface area (Å²) in [5, 5.41) is 0. The number of carbonyl (C=O) groups excluding carboxylic acids is 2. The van der Waals surface area contributed by atoms with E-state index in [1.165, 1.54) is 6.07 Å². The third kappa shape index (κ3) is 6.67. The van der Waals surface area contributed by atoms with E-state index in [9.17, 15) is 9.59 Å². The number of hydrogen-bond acceptors (Lipinski definition) is 5. The van der Waals surface area contributed by atoms with Crippen molar-refractivity contribution >= 4 is 11.9 Å². The van der Waals surface area contributed by atoms with Gasteiger partial charge in [-0.2, -0.15) is 0 Å². The summed E-state index contributed by atoms with van der Waals surface area (Å²) < 4.78 is 30.9. The second-order valence-electron chi connectivity index (χ2n) is 8.13. The third-order valence-electron chi connectivity index (χ3n) is 5.14. The van der Waals surface area contributed by atoms with Gasteiger partial charge >= 0.3 is 11.9 Å². The quantitative estimate of drug-likeness (QED) is 0.154. The Morgan fingerprint density at radius 3 is 1.97 bits per heavy atom. The summed E-state index contributed by atoms with van der Waals surface area (Å²) in [7, 11) is 0. The monoisotopic (exact) mass is 474 g/mol. The van der Waals surface area contributed by atoms with E-state index in [2.05, 4.69) is 13.2 Å². The van der Waals surface area contributed by atoms with Crippen LogP contribution < -0.4 is 9.47 Å². The molecule has 0 aliphatic heterocycles. The Balaban J connectivity index is 1.68. The third-order valence-corrected chi connectivity index (χ3v) is 5.14. The van der Waals surface area contributed by atoms with Crippen molar-refractivity contribution in [1.29, 1.82) is 0 Å². The van der Waals surface area contributed by atoms with Crippen LogP contribution in [0, 0.1) is 12.7 Å². The average Bonchev–Trinajstić information content (AvgIpc) is 2.82. The highest BCUT2D eigenvalue weighted by atomic mass is 19.1. The molecule has 0 saturated heterocycles. The highest BCUT2D eigenvalue weighted by Gasteiger charge is 2.12. The molecule has 0 aliphatic rings. The topological polar surface area (TPSA) is 61.8 Å². The Labute approximate surface area is 204 Å². The molecule has 0 aromatic heterocycles. The van der Waals surface area contributed by atoms with E-state index >= 15 is 4.39 Å². The van der Waals surface area contributed by atoms with Crippen LogP contribution in [0.1, 0.15) is 19.4 Å². The van der Waals surface area contributed by atoms with Gasteiger partial charge in [0.1, 0.15) is 30.5 Å². The van der Waals surface area contributed by atoms with Gasteiger partial charge < -0.3 is 14.2 Å². The summed E-state index contributed by atoms with van der Waals surface area (Å²) in [6, 6.07) is 17.3. The van der Waals surface area contributed by atoms with Gasteiger partial charge in [0, 0.05) is 16.7 Å². The lowest BCUT2D eigenvalue weighted by atomic mass is 9.96. The number of aryl methyl sites for hydroxylation is 1. The van der Waals surface area contributed by atoms with Crippen LogP contribution in [0.5, 0.6) is 11.5 Å². The molecule has 0 saturated carbocycles. The Morgan fingerprint density at radius 1 is 0.771 bits per heavy atom. The number of ether oxygens (including phenoxy) is 3. The van der Waals surface area contributed by atoms with Crippen LogP contribution in [0.2, 0.25) is 0 Å². The fourth-order valence-corrected chi connectivity index (χ4v) is 3.27. The average molecular weight is 475 g/mol. The summed E-state index contributed by atoms with van der Waals surface area (Å²) in [6.45, 7) is 12.4. The second kappa shape index (κ2) is 11.3. The van der Waals surface area contributed by atoms with Gasteiger partial charge in [-0.15, -0.1) is 0 Å². The van der Waals surface area contributed by atoms with Crippen LogP contribution in [0.3, 0.4) is 0 Å². The lowest BCUT2D eigenvalue weighted by Crippen LogP contribution is -2.12. The van der Waals surface area contributed by atoms with Crippen molar-refractivity contribution in [2.24, 2.45) is 0 Å². The molecule has 0 unspecified atom stereocenters. The molecular formula is C29H27FO5. The van der Waals surface area contributed by atoms with E-state index in [1.807, 2.05) is 25.1 Å². The highest BCUT2D eigenvalue weighted by Crippen LogP contribution is 2.32. The lowest BCUT2D eigenvalue weighted by molar-refractivity contribution is -0.139. The van der Waals surface area contributed by atoms with Crippen LogP contribution >= 0.6 is 0 Å². The van der Waals surface area contributed by atoms with Gasteiger partial charge in [-0.05, 0) is 73.4 Å². The van der Waals surface area contributed by atoms with Crippen molar-refractivity contribution in [2.75, 3.05) is 13.2 Å². The van der Waals surface area contributed by atoms with E-state index in [-0.39, 0.29) is 19.0 Å². The second-order valence-corrected chi connectivity index (χ2v) is 8.13. The Bertz CT molecular complexity index is 1270. The molecule has 0 atom stereocenters. The SMILES string of the molecule is C=C(C)C(=O)OCCOc1ccc(-c2ccc(-c3ccc(OC(=O)C(=C)C)cc3C)c(F)c2)cc1. The minimum absolute atomic E-state index is 0.122. The fourth-order valence-electron chi connectivity index (χ4n) is 3.27. The van der Waals surface area contributed by atoms with E-state index in [1.54, 1.807) is 50.2 Å². The van der Waals surface area contributed by atoms with E-state index < -0.39 is 11.9 Å². The van der Waals surface area contributed by atoms with E-state index in [4.69, 9.17) is 14.2 Å². The molecule has 3 aromatic rings. The zero-order valence-electron chi connectivity index (χ0n) is 20.0. The minimum atomic E-state index is -0.504. The number of hydrogen-bond donors (Lipinski definition) is 0. The van der Waals surface area contributed by atoms with Crippen molar-refractivity contribution in [3.05, 3.63) is 96.3 Å². The predicted octanol–water partition coefficient (Wildman–Crippen LogP) is 6.45. The van der Waals surface area contributed by atoms with Gasteiger partial charge in [-0.1, -0.05) is 43.5 Å². The van der Waals surface area contributed by atoms with E-state index in [0.29, 0.717) is 33.8 Å². The summed E-state index contributed by atoms with van der Waals surface area (Å²) in [5.41, 5.74) is 4.13. The minimum Gasteiger partial charge on any atom is -0.490 e. The Hall–Kier alpha value is -4.19. The van der Waals surface area contributed by atoms with Gasteiger partial charge in [-0.25, -0.2) is 14.0 Å². The molecule has 0 aliphatic carbocycles. The number of benzene rings is 3. The highest BCUT2D eigenvalue weighted by molar-refractivity contribution is 5.89. The Kier molecular flexibility index (Phi) is 8.21. The zero-order valence-corrected chi connectivity index (χ0v) is 20.0. The Morgan fingerprint density at radius 2 is 1.37 bits per heavy atom. The maximum absolute atomic E-state index is 15.1. The van der Waals surface area contributed by atoms with Gasteiger partial charge in [0.15, 0.2) is 0 Å². The summed E-state index contributed by atoms with van der Waals surface area (Å²) in [6.07, 6.45) is 0. The summed E-state index contributed by atoms with van der Waals surface area (Å²) in [4.78, 5) is 23.1. The molecular weight excluding hydrogens is 447 g/mol. The van der Waals surface area contributed by atoms with Crippen molar-refractivity contribution in [3.8, 4) is 33.8 Å². The molecule has 3 aromatic carbocycles. The molecule has 0 N–H and O–H groups in total.